The molecule has 0 saturated carbocycles. The average Bonchev–Trinajstić information content (AvgIpc) is 2.54. The molecule has 0 unspecified atom stereocenters. The van der Waals surface area contributed by atoms with Gasteiger partial charge in [0.05, 0.1) is 12.7 Å². The van der Waals surface area contributed by atoms with E-state index in [1.165, 1.54) is 0 Å². The van der Waals surface area contributed by atoms with Crippen LogP contribution in [0.3, 0.4) is 0 Å². The number of ether oxygens (including phenoxy) is 1. The number of rotatable bonds is 5. The van der Waals surface area contributed by atoms with Crippen LogP contribution in [0.1, 0.15) is 49.4 Å². The Labute approximate surface area is 143 Å². The number of nitrogens with zero attached hydrogens (tertiary/aromatic N) is 2. The van der Waals surface area contributed by atoms with Gasteiger partial charge in [-0.3, -0.25) is 4.79 Å². The van der Waals surface area contributed by atoms with E-state index in [1.54, 1.807) is 19.5 Å². The van der Waals surface area contributed by atoms with Crippen molar-refractivity contribution in [3.63, 3.8) is 0 Å². The molecule has 128 valence electrons. The molecule has 1 atom stereocenters. The highest BCUT2D eigenvalue weighted by atomic mass is 16.5. The molecule has 0 saturated heterocycles. The zero-order valence-electron chi connectivity index (χ0n) is 15.0. The molecule has 5 heteroatoms. The van der Waals surface area contributed by atoms with Gasteiger partial charge in [0.2, 0.25) is 0 Å². The maximum atomic E-state index is 12.3. The lowest BCUT2D eigenvalue weighted by Gasteiger charge is -2.17. The fourth-order valence-corrected chi connectivity index (χ4v) is 2.39. The molecule has 1 N–H and O–H groups in total. The Balaban J connectivity index is 2.01. The molecule has 0 spiro atoms. The van der Waals surface area contributed by atoms with E-state index >= 15 is 0 Å². The van der Waals surface area contributed by atoms with Crippen molar-refractivity contribution in [2.24, 2.45) is 0 Å². The van der Waals surface area contributed by atoms with Gasteiger partial charge in [-0.1, -0.05) is 39.0 Å². The Morgan fingerprint density at radius 2 is 1.83 bits per heavy atom. The van der Waals surface area contributed by atoms with E-state index in [9.17, 15) is 4.79 Å². The van der Waals surface area contributed by atoms with E-state index < -0.39 is 0 Å². The van der Waals surface area contributed by atoms with E-state index in [-0.39, 0.29) is 17.4 Å². The maximum Gasteiger partial charge on any atom is 0.254 e. The standard InChI is InChI=1S/C19H25N3O2/c1-13(10-14-8-6-7-9-16(14)24-5)22-17(23)15-11-20-18(21-12-15)19(2,3)4/h6-9,11-13H,10H2,1-5H3,(H,22,23)/t13-/m1/s1. The molecule has 0 aliphatic carbocycles. The molecule has 1 amide bonds. The largest absolute Gasteiger partial charge is 0.496 e. The lowest BCUT2D eigenvalue weighted by molar-refractivity contribution is 0.0939. The Hall–Kier alpha value is -2.43. The van der Waals surface area contributed by atoms with Gasteiger partial charge in [-0.2, -0.15) is 0 Å². The number of benzene rings is 1. The van der Waals surface area contributed by atoms with E-state index in [4.69, 9.17) is 4.74 Å². The highest BCUT2D eigenvalue weighted by Crippen LogP contribution is 2.19. The van der Waals surface area contributed by atoms with Gasteiger partial charge in [0.1, 0.15) is 11.6 Å². The normalized spacial score (nSPS) is 12.5. The molecule has 0 bridgehead atoms. The number of aromatic nitrogens is 2. The topological polar surface area (TPSA) is 64.1 Å². The first-order valence-electron chi connectivity index (χ1n) is 8.06. The third-order valence-electron chi connectivity index (χ3n) is 3.68. The molecular formula is C19H25N3O2. The molecule has 2 aromatic rings. The van der Waals surface area contributed by atoms with Crippen LogP contribution < -0.4 is 10.1 Å². The van der Waals surface area contributed by atoms with Crippen LogP contribution in [0, 0.1) is 0 Å². The second-order valence-electron chi connectivity index (χ2n) is 6.94. The quantitative estimate of drug-likeness (QED) is 0.916. The first-order valence-corrected chi connectivity index (χ1v) is 8.06. The van der Waals surface area contributed by atoms with E-state index in [0.29, 0.717) is 12.0 Å². The third-order valence-corrected chi connectivity index (χ3v) is 3.68. The first kappa shape index (κ1) is 17.9. The van der Waals surface area contributed by atoms with Crippen LogP contribution in [0.25, 0.3) is 0 Å². The SMILES string of the molecule is COc1ccccc1C[C@@H](C)NC(=O)c1cnc(C(C)(C)C)nc1. The Kier molecular flexibility index (Phi) is 5.54. The number of hydrogen-bond donors (Lipinski definition) is 1. The van der Waals surface area contributed by atoms with Crippen molar-refractivity contribution in [3.8, 4) is 5.75 Å². The van der Waals surface area contributed by atoms with Crippen LogP contribution in [-0.4, -0.2) is 29.0 Å². The second-order valence-corrected chi connectivity index (χ2v) is 6.94. The van der Waals surface area contributed by atoms with Crippen molar-refractivity contribution in [1.82, 2.24) is 15.3 Å². The van der Waals surface area contributed by atoms with Gasteiger partial charge >= 0.3 is 0 Å². The molecule has 1 aromatic carbocycles. The van der Waals surface area contributed by atoms with E-state index in [0.717, 1.165) is 17.1 Å². The predicted octanol–water partition coefficient (Wildman–Crippen LogP) is 3.14. The first-order chi connectivity index (χ1) is 11.3. The number of carbonyl (C=O) groups is 1. The number of methoxy groups -OCH3 is 1. The number of nitrogens with one attached hydrogen (secondary N) is 1. The predicted molar refractivity (Wildman–Crippen MR) is 94.4 cm³/mol. The minimum absolute atomic E-state index is 0.0314. The fourth-order valence-electron chi connectivity index (χ4n) is 2.39. The Bertz CT molecular complexity index is 691. The van der Waals surface area contributed by atoms with Gasteiger partial charge < -0.3 is 10.1 Å². The zero-order chi connectivity index (χ0) is 17.7. The summed E-state index contributed by atoms with van der Waals surface area (Å²) in [5.74, 6) is 1.38. The van der Waals surface area contributed by atoms with Crippen LogP contribution >= 0.6 is 0 Å². The summed E-state index contributed by atoms with van der Waals surface area (Å²) in [7, 11) is 1.65. The van der Waals surface area contributed by atoms with Crippen LogP contribution in [0.5, 0.6) is 5.75 Å². The summed E-state index contributed by atoms with van der Waals surface area (Å²) in [5, 5.41) is 2.98. The van der Waals surface area contributed by atoms with Crippen LogP contribution in [0.2, 0.25) is 0 Å². The molecule has 0 aliphatic rings. The van der Waals surface area contributed by atoms with Gasteiger partial charge in [0.15, 0.2) is 0 Å². The molecule has 1 aromatic heterocycles. The summed E-state index contributed by atoms with van der Waals surface area (Å²) in [6.45, 7) is 8.08. The van der Waals surface area contributed by atoms with Crippen molar-refractivity contribution in [2.75, 3.05) is 7.11 Å². The molecule has 0 fully saturated rings. The van der Waals surface area contributed by atoms with Crippen molar-refractivity contribution >= 4 is 5.91 Å². The summed E-state index contributed by atoms with van der Waals surface area (Å²) in [5.41, 5.74) is 1.40. The molecule has 0 aliphatic heterocycles. The molecule has 5 nitrogen and oxygen atoms in total. The zero-order valence-corrected chi connectivity index (χ0v) is 15.0. The third kappa shape index (κ3) is 4.54. The molecule has 2 rings (SSSR count). The lowest BCUT2D eigenvalue weighted by Crippen LogP contribution is -2.34. The van der Waals surface area contributed by atoms with Crippen LogP contribution in [0.4, 0.5) is 0 Å². The molecule has 1 heterocycles. The summed E-state index contributed by atoms with van der Waals surface area (Å²) in [6.07, 6.45) is 3.86. The van der Waals surface area contributed by atoms with E-state index in [1.807, 2.05) is 52.0 Å². The Morgan fingerprint density at radius 3 is 2.42 bits per heavy atom. The minimum Gasteiger partial charge on any atom is -0.496 e. The van der Waals surface area contributed by atoms with Crippen molar-refractivity contribution < 1.29 is 9.53 Å². The highest BCUT2D eigenvalue weighted by Gasteiger charge is 2.18. The monoisotopic (exact) mass is 327 g/mol. The summed E-state index contributed by atoms with van der Waals surface area (Å²) < 4.78 is 5.35. The van der Waals surface area contributed by atoms with Crippen LogP contribution in [-0.2, 0) is 11.8 Å². The van der Waals surface area contributed by atoms with Crippen LogP contribution in [0.15, 0.2) is 36.7 Å². The number of amides is 1. The summed E-state index contributed by atoms with van der Waals surface area (Å²) in [4.78, 5) is 20.9. The maximum absolute atomic E-state index is 12.3. The number of carbonyl (C=O) groups excluding carboxylic acids is 1. The van der Waals surface area contributed by atoms with Gasteiger partial charge in [-0.05, 0) is 25.0 Å². The Morgan fingerprint density at radius 1 is 1.21 bits per heavy atom. The highest BCUT2D eigenvalue weighted by molar-refractivity contribution is 5.93. The lowest BCUT2D eigenvalue weighted by atomic mass is 9.96. The summed E-state index contributed by atoms with van der Waals surface area (Å²) >= 11 is 0. The van der Waals surface area contributed by atoms with Crippen molar-refractivity contribution in [2.45, 2.75) is 45.6 Å². The smallest absolute Gasteiger partial charge is 0.254 e. The minimum atomic E-state index is -0.169. The van der Waals surface area contributed by atoms with Crippen molar-refractivity contribution in [3.05, 3.63) is 53.6 Å². The molecular weight excluding hydrogens is 302 g/mol. The number of hydrogen-bond acceptors (Lipinski definition) is 4. The van der Waals surface area contributed by atoms with E-state index in [2.05, 4.69) is 15.3 Å². The number of para-hydroxylation sites is 1. The fraction of sp³-hybridized carbons (Fsp3) is 0.421. The van der Waals surface area contributed by atoms with Gasteiger partial charge in [0.25, 0.3) is 5.91 Å². The average molecular weight is 327 g/mol. The van der Waals surface area contributed by atoms with Gasteiger partial charge in [-0.25, -0.2) is 9.97 Å². The summed E-state index contributed by atoms with van der Waals surface area (Å²) in [6, 6.07) is 7.78. The van der Waals surface area contributed by atoms with Gasteiger partial charge in [-0.15, -0.1) is 0 Å². The van der Waals surface area contributed by atoms with Gasteiger partial charge in [0, 0.05) is 23.9 Å². The second kappa shape index (κ2) is 7.43. The molecule has 0 radical (unpaired) electrons. The molecule has 24 heavy (non-hydrogen) atoms. The van der Waals surface area contributed by atoms with Crippen molar-refractivity contribution in [1.29, 1.82) is 0 Å².